The smallest absolute Gasteiger partial charge is 0.241 e. The Kier molecular flexibility index (Phi) is 5.99. The van der Waals surface area contributed by atoms with E-state index in [-0.39, 0.29) is 12.5 Å². The van der Waals surface area contributed by atoms with Gasteiger partial charge in [-0.2, -0.15) is 0 Å². The number of likely N-dealkylation sites (N-methyl/N-ethyl adjacent to an activating group) is 1. The highest BCUT2D eigenvalue weighted by atomic mass is 16.5. The van der Waals surface area contributed by atoms with E-state index in [4.69, 9.17) is 9.47 Å². The van der Waals surface area contributed by atoms with E-state index in [1.165, 1.54) is 0 Å². The highest BCUT2D eigenvalue weighted by molar-refractivity contribution is 5.81. The Bertz CT molecular complexity index is 419. The molecule has 0 spiro atoms. The first kappa shape index (κ1) is 15.1. The van der Waals surface area contributed by atoms with Gasteiger partial charge in [0.25, 0.3) is 0 Å². The van der Waals surface area contributed by atoms with Crippen molar-refractivity contribution in [3.63, 3.8) is 0 Å². The van der Waals surface area contributed by atoms with Gasteiger partial charge in [-0.25, -0.2) is 0 Å². The lowest BCUT2D eigenvalue weighted by molar-refractivity contribution is -0.126. The molecule has 0 heterocycles. The molecule has 0 aliphatic carbocycles. The summed E-state index contributed by atoms with van der Waals surface area (Å²) in [5, 5.41) is 3.08. The minimum atomic E-state index is 0.00395. The number of carbonyl (C=O) groups is 1. The standard InChI is InChI=1S/C14H22N2O3/c1-5-18-11-7-8-13(19-6-2)12(9-11)15-10-14(17)16(3)4/h7-9,15H,5-6,10H2,1-4H3. The highest BCUT2D eigenvalue weighted by Crippen LogP contribution is 2.29. The molecule has 0 aliphatic rings. The van der Waals surface area contributed by atoms with Gasteiger partial charge in [-0.1, -0.05) is 0 Å². The van der Waals surface area contributed by atoms with Crippen molar-refractivity contribution in [1.82, 2.24) is 4.90 Å². The number of nitrogens with zero attached hydrogens (tertiary/aromatic N) is 1. The third kappa shape index (κ3) is 4.69. The zero-order valence-electron chi connectivity index (χ0n) is 12.0. The molecule has 0 fully saturated rings. The summed E-state index contributed by atoms with van der Waals surface area (Å²) in [7, 11) is 3.45. The van der Waals surface area contributed by atoms with E-state index in [1.54, 1.807) is 19.0 Å². The van der Waals surface area contributed by atoms with Gasteiger partial charge in [0.1, 0.15) is 11.5 Å². The average molecular weight is 266 g/mol. The van der Waals surface area contributed by atoms with Crippen molar-refractivity contribution < 1.29 is 14.3 Å². The number of anilines is 1. The lowest BCUT2D eigenvalue weighted by Crippen LogP contribution is -2.28. The Morgan fingerprint density at radius 2 is 1.89 bits per heavy atom. The van der Waals surface area contributed by atoms with Gasteiger partial charge in [0.2, 0.25) is 5.91 Å². The van der Waals surface area contributed by atoms with E-state index in [1.807, 2.05) is 32.0 Å². The van der Waals surface area contributed by atoms with Crippen molar-refractivity contribution >= 4 is 11.6 Å². The largest absolute Gasteiger partial charge is 0.494 e. The molecule has 0 atom stereocenters. The van der Waals surface area contributed by atoms with E-state index in [0.29, 0.717) is 13.2 Å². The first-order valence-electron chi connectivity index (χ1n) is 6.42. The van der Waals surface area contributed by atoms with Gasteiger partial charge in [0.05, 0.1) is 25.4 Å². The van der Waals surface area contributed by atoms with Crippen molar-refractivity contribution in [3.05, 3.63) is 18.2 Å². The topological polar surface area (TPSA) is 50.8 Å². The van der Waals surface area contributed by atoms with E-state index in [0.717, 1.165) is 17.2 Å². The first-order chi connectivity index (χ1) is 9.08. The molecule has 106 valence electrons. The Morgan fingerprint density at radius 3 is 2.47 bits per heavy atom. The van der Waals surface area contributed by atoms with Crippen LogP contribution >= 0.6 is 0 Å². The molecular formula is C14H22N2O3. The molecule has 0 bridgehead atoms. The summed E-state index contributed by atoms with van der Waals surface area (Å²) in [4.78, 5) is 13.1. The maximum absolute atomic E-state index is 11.6. The molecule has 1 amide bonds. The fourth-order valence-electron chi connectivity index (χ4n) is 1.51. The Balaban J connectivity index is 2.81. The molecular weight excluding hydrogens is 244 g/mol. The van der Waals surface area contributed by atoms with E-state index in [2.05, 4.69) is 5.32 Å². The van der Waals surface area contributed by atoms with Crippen molar-refractivity contribution in [3.8, 4) is 11.5 Å². The number of rotatable bonds is 7. The molecule has 5 nitrogen and oxygen atoms in total. The molecule has 1 rings (SSSR count). The van der Waals surface area contributed by atoms with Gasteiger partial charge in [-0.15, -0.1) is 0 Å². The number of nitrogens with one attached hydrogen (secondary N) is 1. The fourth-order valence-corrected chi connectivity index (χ4v) is 1.51. The molecule has 1 N–H and O–H groups in total. The van der Waals surface area contributed by atoms with Crippen molar-refractivity contribution in [2.45, 2.75) is 13.8 Å². The van der Waals surface area contributed by atoms with Crippen LogP contribution in [0.3, 0.4) is 0 Å². The molecule has 0 saturated heterocycles. The quantitative estimate of drug-likeness (QED) is 0.820. The van der Waals surface area contributed by atoms with Crippen LogP contribution in [0.5, 0.6) is 11.5 Å². The predicted molar refractivity (Wildman–Crippen MR) is 76.0 cm³/mol. The molecule has 19 heavy (non-hydrogen) atoms. The van der Waals surface area contributed by atoms with Crippen molar-refractivity contribution in [2.75, 3.05) is 39.2 Å². The molecule has 1 aromatic carbocycles. The molecule has 0 unspecified atom stereocenters. The summed E-state index contributed by atoms with van der Waals surface area (Å²) in [5.41, 5.74) is 0.767. The lowest BCUT2D eigenvalue weighted by atomic mass is 10.2. The number of hydrogen-bond donors (Lipinski definition) is 1. The molecule has 0 aliphatic heterocycles. The number of ether oxygens (including phenoxy) is 2. The van der Waals surface area contributed by atoms with Gasteiger partial charge in [-0.05, 0) is 26.0 Å². The number of benzene rings is 1. The Morgan fingerprint density at radius 1 is 1.21 bits per heavy atom. The third-order valence-corrected chi connectivity index (χ3v) is 2.49. The van der Waals surface area contributed by atoms with Crippen LogP contribution in [-0.4, -0.2) is 44.7 Å². The first-order valence-corrected chi connectivity index (χ1v) is 6.42. The van der Waals surface area contributed by atoms with Gasteiger partial charge in [0, 0.05) is 20.2 Å². The normalized spacial score (nSPS) is 9.89. The zero-order valence-corrected chi connectivity index (χ0v) is 12.0. The molecule has 1 aromatic rings. The summed E-state index contributed by atoms with van der Waals surface area (Å²) < 4.78 is 11.0. The lowest BCUT2D eigenvalue weighted by Gasteiger charge is -2.15. The highest BCUT2D eigenvalue weighted by Gasteiger charge is 2.08. The van der Waals surface area contributed by atoms with Crippen LogP contribution < -0.4 is 14.8 Å². The average Bonchev–Trinajstić information content (AvgIpc) is 2.38. The predicted octanol–water partition coefficient (Wildman–Crippen LogP) is 1.98. The van der Waals surface area contributed by atoms with Crippen molar-refractivity contribution in [2.24, 2.45) is 0 Å². The van der Waals surface area contributed by atoms with E-state index in [9.17, 15) is 4.79 Å². The SMILES string of the molecule is CCOc1ccc(OCC)c(NCC(=O)N(C)C)c1. The van der Waals surface area contributed by atoms with Gasteiger partial charge >= 0.3 is 0 Å². The van der Waals surface area contributed by atoms with Crippen LogP contribution in [0.15, 0.2) is 18.2 Å². The minimum absolute atomic E-state index is 0.00395. The second kappa shape index (κ2) is 7.51. The Hall–Kier alpha value is -1.91. The van der Waals surface area contributed by atoms with Gasteiger partial charge in [0.15, 0.2) is 0 Å². The molecule has 0 saturated carbocycles. The van der Waals surface area contributed by atoms with Crippen molar-refractivity contribution in [1.29, 1.82) is 0 Å². The third-order valence-electron chi connectivity index (χ3n) is 2.49. The summed E-state index contributed by atoms with van der Waals surface area (Å²) in [5.74, 6) is 1.48. The molecule has 0 aromatic heterocycles. The number of amides is 1. The molecule has 5 heteroatoms. The number of carbonyl (C=O) groups excluding carboxylic acids is 1. The Labute approximate surface area is 114 Å². The van der Waals surface area contributed by atoms with Gasteiger partial charge in [-0.3, -0.25) is 4.79 Å². The van der Waals surface area contributed by atoms with Crippen LogP contribution in [0.1, 0.15) is 13.8 Å². The summed E-state index contributed by atoms with van der Waals surface area (Å²) >= 11 is 0. The second-order valence-corrected chi connectivity index (χ2v) is 4.17. The van der Waals surface area contributed by atoms with Crippen LogP contribution in [0.4, 0.5) is 5.69 Å². The van der Waals surface area contributed by atoms with Crippen LogP contribution in [0.25, 0.3) is 0 Å². The fraction of sp³-hybridized carbons (Fsp3) is 0.500. The zero-order chi connectivity index (χ0) is 14.3. The van der Waals surface area contributed by atoms with Crippen LogP contribution in [-0.2, 0) is 4.79 Å². The van der Waals surface area contributed by atoms with Crippen LogP contribution in [0, 0.1) is 0 Å². The minimum Gasteiger partial charge on any atom is -0.494 e. The summed E-state index contributed by atoms with van der Waals surface area (Å²) in [6, 6.07) is 5.54. The maximum Gasteiger partial charge on any atom is 0.241 e. The maximum atomic E-state index is 11.6. The summed E-state index contributed by atoms with van der Waals surface area (Å²) in [6.07, 6.45) is 0. The second-order valence-electron chi connectivity index (χ2n) is 4.17. The van der Waals surface area contributed by atoms with Gasteiger partial charge < -0.3 is 19.7 Å². The van der Waals surface area contributed by atoms with Crippen LogP contribution in [0.2, 0.25) is 0 Å². The molecule has 0 radical (unpaired) electrons. The number of hydrogen-bond acceptors (Lipinski definition) is 4. The monoisotopic (exact) mass is 266 g/mol. The van der Waals surface area contributed by atoms with E-state index >= 15 is 0 Å². The summed E-state index contributed by atoms with van der Waals surface area (Å²) in [6.45, 7) is 5.25. The van der Waals surface area contributed by atoms with E-state index < -0.39 is 0 Å².